The molecule has 0 radical (unpaired) electrons. The van der Waals surface area contributed by atoms with Crippen LogP contribution in [-0.2, 0) is 14.3 Å². The zero-order chi connectivity index (χ0) is 24.2. The first kappa shape index (κ1) is 25.4. The van der Waals surface area contributed by atoms with Crippen LogP contribution in [-0.4, -0.2) is 43.6 Å². The molecule has 2 amide bonds. The number of nitrogens with one attached hydrogen (secondary N) is 1. The minimum Gasteiger partial charge on any atom is -0.494 e. The minimum atomic E-state index is -0.929. The van der Waals surface area contributed by atoms with Crippen LogP contribution >= 0.6 is 0 Å². The van der Waals surface area contributed by atoms with E-state index in [1.165, 1.54) is 4.90 Å². The Balaban J connectivity index is 2.01. The fourth-order valence-corrected chi connectivity index (χ4v) is 3.06. The third-order valence-corrected chi connectivity index (χ3v) is 4.79. The predicted molar refractivity (Wildman–Crippen MR) is 124 cm³/mol. The van der Waals surface area contributed by atoms with E-state index in [-0.39, 0.29) is 18.9 Å². The van der Waals surface area contributed by atoms with Gasteiger partial charge in [0.25, 0.3) is 11.8 Å². The van der Waals surface area contributed by atoms with E-state index in [0.717, 1.165) is 0 Å². The van der Waals surface area contributed by atoms with Crippen LogP contribution in [0, 0.1) is 17.2 Å². The molecule has 8 nitrogen and oxygen atoms in total. The Bertz CT molecular complexity index is 968. The van der Waals surface area contributed by atoms with Crippen LogP contribution in [0.5, 0.6) is 5.75 Å². The Morgan fingerprint density at radius 3 is 2.30 bits per heavy atom. The standard InChI is InChI=1S/C25H29N3O5/c1-4-32-21-13-11-19(12-14-21)24(30)27-23(18(2)3)25(31)33-17-22(29)28(16-8-15-26)20-9-6-5-7-10-20/h5-7,9-14,18,23H,4,8,16-17H2,1-3H3,(H,27,30). The summed E-state index contributed by atoms with van der Waals surface area (Å²) in [6.07, 6.45) is 0.140. The Labute approximate surface area is 194 Å². The van der Waals surface area contributed by atoms with Gasteiger partial charge in [0.2, 0.25) is 0 Å². The highest BCUT2D eigenvalue weighted by molar-refractivity contribution is 5.98. The molecule has 1 unspecified atom stereocenters. The molecule has 1 atom stereocenters. The number of anilines is 1. The van der Waals surface area contributed by atoms with Gasteiger partial charge in [0.15, 0.2) is 6.61 Å². The Morgan fingerprint density at radius 1 is 1.06 bits per heavy atom. The normalized spacial score (nSPS) is 11.2. The number of nitriles is 1. The molecule has 0 heterocycles. The number of hydrogen-bond donors (Lipinski definition) is 1. The number of benzene rings is 2. The highest BCUT2D eigenvalue weighted by Crippen LogP contribution is 2.15. The molecule has 2 rings (SSSR count). The fourth-order valence-electron chi connectivity index (χ4n) is 3.06. The van der Waals surface area contributed by atoms with Crippen molar-refractivity contribution in [3.8, 4) is 11.8 Å². The molecule has 0 aliphatic carbocycles. The zero-order valence-electron chi connectivity index (χ0n) is 19.1. The molecule has 8 heteroatoms. The van der Waals surface area contributed by atoms with Crippen molar-refractivity contribution in [2.45, 2.75) is 33.2 Å². The maximum atomic E-state index is 12.7. The van der Waals surface area contributed by atoms with E-state index in [1.807, 2.05) is 19.1 Å². The lowest BCUT2D eigenvalue weighted by atomic mass is 10.0. The maximum absolute atomic E-state index is 12.7. The van der Waals surface area contributed by atoms with E-state index >= 15 is 0 Å². The van der Waals surface area contributed by atoms with Crippen molar-refractivity contribution in [3.05, 3.63) is 60.2 Å². The van der Waals surface area contributed by atoms with E-state index in [0.29, 0.717) is 23.6 Å². The van der Waals surface area contributed by atoms with Gasteiger partial charge in [-0.25, -0.2) is 4.79 Å². The summed E-state index contributed by atoms with van der Waals surface area (Å²) in [5.74, 6) is -1.20. The summed E-state index contributed by atoms with van der Waals surface area (Å²) in [4.78, 5) is 39.4. The minimum absolute atomic E-state index is 0.140. The van der Waals surface area contributed by atoms with Gasteiger partial charge in [-0.1, -0.05) is 32.0 Å². The first-order valence-electron chi connectivity index (χ1n) is 10.8. The van der Waals surface area contributed by atoms with Gasteiger partial charge in [-0.15, -0.1) is 0 Å². The molecule has 0 aromatic heterocycles. The quantitative estimate of drug-likeness (QED) is 0.525. The van der Waals surface area contributed by atoms with E-state index in [9.17, 15) is 14.4 Å². The van der Waals surface area contributed by atoms with Crippen LogP contribution in [0.3, 0.4) is 0 Å². The zero-order valence-corrected chi connectivity index (χ0v) is 19.1. The summed E-state index contributed by atoms with van der Waals surface area (Å²) in [5, 5.41) is 11.6. The first-order valence-corrected chi connectivity index (χ1v) is 10.8. The van der Waals surface area contributed by atoms with Gasteiger partial charge in [0.1, 0.15) is 11.8 Å². The second kappa shape index (κ2) is 12.9. The van der Waals surface area contributed by atoms with Gasteiger partial charge < -0.3 is 19.7 Å². The Morgan fingerprint density at radius 2 is 1.73 bits per heavy atom. The topological polar surface area (TPSA) is 109 Å². The molecule has 33 heavy (non-hydrogen) atoms. The van der Waals surface area contributed by atoms with Crippen molar-refractivity contribution in [2.24, 2.45) is 5.92 Å². The number of carbonyl (C=O) groups is 3. The summed E-state index contributed by atoms with van der Waals surface area (Å²) < 4.78 is 10.6. The highest BCUT2D eigenvalue weighted by atomic mass is 16.5. The lowest BCUT2D eigenvalue weighted by molar-refractivity contribution is -0.150. The number of carbonyl (C=O) groups excluding carboxylic acids is 3. The second-order valence-corrected chi connectivity index (χ2v) is 7.55. The molecule has 174 valence electrons. The number of esters is 1. The molecule has 0 spiro atoms. The molecule has 0 saturated carbocycles. The average molecular weight is 452 g/mol. The molecule has 2 aromatic carbocycles. The number of para-hydroxylation sites is 1. The number of hydrogen-bond acceptors (Lipinski definition) is 6. The van der Waals surface area contributed by atoms with Crippen LogP contribution in [0.15, 0.2) is 54.6 Å². The van der Waals surface area contributed by atoms with Gasteiger partial charge in [-0.2, -0.15) is 5.26 Å². The lowest BCUT2D eigenvalue weighted by Gasteiger charge is -2.24. The van der Waals surface area contributed by atoms with E-state index in [4.69, 9.17) is 14.7 Å². The number of amides is 2. The van der Waals surface area contributed by atoms with Crippen molar-refractivity contribution in [2.75, 3.05) is 24.7 Å². The molecule has 2 aromatic rings. The van der Waals surface area contributed by atoms with Gasteiger partial charge in [-0.3, -0.25) is 9.59 Å². The third kappa shape index (κ3) is 7.65. The second-order valence-electron chi connectivity index (χ2n) is 7.55. The molecular weight excluding hydrogens is 422 g/mol. The maximum Gasteiger partial charge on any atom is 0.329 e. The predicted octanol–water partition coefficient (Wildman–Crippen LogP) is 3.33. The van der Waals surface area contributed by atoms with Crippen molar-refractivity contribution >= 4 is 23.5 Å². The largest absolute Gasteiger partial charge is 0.494 e. The van der Waals surface area contributed by atoms with Gasteiger partial charge >= 0.3 is 5.97 Å². The molecule has 0 bridgehead atoms. The Kier molecular flexibility index (Phi) is 9.90. The van der Waals surface area contributed by atoms with E-state index in [2.05, 4.69) is 5.32 Å². The molecule has 1 N–H and O–H groups in total. The number of rotatable bonds is 11. The number of nitrogens with zero attached hydrogens (tertiary/aromatic N) is 2. The SMILES string of the molecule is CCOc1ccc(C(=O)NC(C(=O)OCC(=O)N(CCC#N)c2ccccc2)C(C)C)cc1. The van der Waals surface area contributed by atoms with E-state index < -0.39 is 30.4 Å². The van der Waals surface area contributed by atoms with Crippen LogP contribution in [0.25, 0.3) is 0 Å². The van der Waals surface area contributed by atoms with Crippen LogP contribution in [0.2, 0.25) is 0 Å². The average Bonchev–Trinajstić information content (AvgIpc) is 2.82. The summed E-state index contributed by atoms with van der Waals surface area (Å²) >= 11 is 0. The van der Waals surface area contributed by atoms with Crippen molar-refractivity contribution in [1.29, 1.82) is 5.26 Å². The molecule has 0 fully saturated rings. The molecule has 0 aliphatic rings. The van der Waals surface area contributed by atoms with Crippen LogP contribution < -0.4 is 15.0 Å². The van der Waals surface area contributed by atoms with Crippen LogP contribution in [0.4, 0.5) is 5.69 Å². The van der Waals surface area contributed by atoms with Crippen molar-refractivity contribution in [3.63, 3.8) is 0 Å². The van der Waals surface area contributed by atoms with Gasteiger partial charge in [0, 0.05) is 17.8 Å². The molecule has 0 saturated heterocycles. The lowest BCUT2D eigenvalue weighted by Crippen LogP contribution is -2.46. The highest BCUT2D eigenvalue weighted by Gasteiger charge is 2.27. The summed E-state index contributed by atoms with van der Waals surface area (Å²) in [7, 11) is 0. The van der Waals surface area contributed by atoms with Gasteiger partial charge in [0.05, 0.1) is 19.1 Å². The third-order valence-electron chi connectivity index (χ3n) is 4.79. The monoisotopic (exact) mass is 451 g/mol. The summed E-state index contributed by atoms with van der Waals surface area (Å²) in [6, 6.07) is 16.5. The van der Waals surface area contributed by atoms with E-state index in [1.54, 1.807) is 62.4 Å². The smallest absolute Gasteiger partial charge is 0.329 e. The molecular formula is C25H29N3O5. The summed E-state index contributed by atoms with van der Waals surface area (Å²) in [5.41, 5.74) is 0.984. The van der Waals surface area contributed by atoms with Gasteiger partial charge in [-0.05, 0) is 49.2 Å². The molecule has 0 aliphatic heterocycles. The van der Waals surface area contributed by atoms with Crippen LogP contribution in [0.1, 0.15) is 37.6 Å². The van der Waals surface area contributed by atoms with Crippen molar-refractivity contribution in [1.82, 2.24) is 5.32 Å². The van der Waals surface area contributed by atoms with Crippen molar-refractivity contribution < 1.29 is 23.9 Å². The fraction of sp³-hybridized carbons (Fsp3) is 0.360. The number of ether oxygens (including phenoxy) is 2. The summed E-state index contributed by atoms with van der Waals surface area (Å²) in [6.45, 7) is 5.61. The first-order chi connectivity index (χ1) is 15.9. The Hall–Kier alpha value is -3.86.